The topological polar surface area (TPSA) is 48.5 Å². The Hall–Kier alpha value is -3.73. The van der Waals surface area contributed by atoms with Crippen LogP contribution in [0.1, 0.15) is 5.82 Å². The normalized spacial score (nSPS) is 11.2. The van der Waals surface area contributed by atoms with Crippen molar-refractivity contribution in [2.45, 2.75) is 20.0 Å². The number of hydrogen-bond acceptors (Lipinski definition) is 3. The van der Waals surface area contributed by atoms with Gasteiger partial charge in [0.1, 0.15) is 5.82 Å². The Labute approximate surface area is 169 Å². The number of para-hydroxylation sites is 1. The van der Waals surface area contributed by atoms with Gasteiger partial charge in [-0.3, -0.25) is 4.98 Å². The number of nitrogens with zero attached hydrogens (tertiary/aromatic N) is 5. The van der Waals surface area contributed by atoms with E-state index >= 15 is 0 Å². The maximum atomic E-state index is 4.80. The SMILES string of the molecule is Cc1nccn1CCn1cnc(-c2ccccc2)c1-c1cccc2cccnc12. The van der Waals surface area contributed by atoms with Crippen LogP contribution in [0.5, 0.6) is 0 Å². The molecule has 5 aromatic rings. The van der Waals surface area contributed by atoms with E-state index < -0.39 is 0 Å². The van der Waals surface area contributed by atoms with Gasteiger partial charge < -0.3 is 9.13 Å². The van der Waals surface area contributed by atoms with Crippen LogP contribution in [0.4, 0.5) is 0 Å². The summed E-state index contributed by atoms with van der Waals surface area (Å²) in [7, 11) is 0. The van der Waals surface area contributed by atoms with Crippen molar-refractivity contribution < 1.29 is 0 Å². The first kappa shape index (κ1) is 17.4. The molecular weight excluding hydrogens is 358 g/mol. The Morgan fingerprint density at radius 2 is 1.59 bits per heavy atom. The summed E-state index contributed by atoms with van der Waals surface area (Å²) in [5.74, 6) is 1.02. The van der Waals surface area contributed by atoms with Crippen LogP contribution in [0.2, 0.25) is 0 Å². The third-order valence-corrected chi connectivity index (χ3v) is 5.28. The van der Waals surface area contributed by atoms with Crippen molar-refractivity contribution in [1.29, 1.82) is 0 Å². The average molecular weight is 379 g/mol. The van der Waals surface area contributed by atoms with Crippen LogP contribution in [0.15, 0.2) is 85.6 Å². The number of aromatic nitrogens is 5. The summed E-state index contributed by atoms with van der Waals surface area (Å²) >= 11 is 0. The maximum Gasteiger partial charge on any atom is 0.105 e. The van der Waals surface area contributed by atoms with E-state index in [4.69, 9.17) is 4.98 Å². The molecule has 29 heavy (non-hydrogen) atoms. The average Bonchev–Trinajstić information content (AvgIpc) is 3.38. The Bertz CT molecular complexity index is 1260. The zero-order valence-electron chi connectivity index (χ0n) is 16.2. The molecule has 0 aliphatic rings. The quantitative estimate of drug-likeness (QED) is 0.433. The van der Waals surface area contributed by atoms with Gasteiger partial charge in [0.15, 0.2) is 0 Å². The van der Waals surface area contributed by atoms with Gasteiger partial charge in [0.25, 0.3) is 0 Å². The summed E-state index contributed by atoms with van der Waals surface area (Å²) < 4.78 is 4.39. The molecule has 0 saturated heterocycles. The molecule has 3 heterocycles. The summed E-state index contributed by atoms with van der Waals surface area (Å²) in [6.07, 6.45) is 7.65. The van der Waals surface area contributed by atoms with Gasteiger partial charge in [0.05, 0.1) is 23.2 Å². The van der Waals surface area contributed by atoms with Gasteiger partial charge in [-0.15, -0.1) is 0 Å². The fraction of sp³-hybridized carbons (Fsp3) is 0.125. The molecule has 0 amide bonds. The van der Waals surface area contributed by atoms with E-state index in [-0.39, 0.29) is 0 Å². The highest BCUT2D eigenvalue weighted by atomic mass is 15.1. The van der Waals surface area contributed by atoms with Crippen molar-refractivity contribution >= 4 is 10.9 Å². The van der Waals surface area contributed by atoms with E-state index in [9.17, 15) is 0 Å². The molecule has 0 fully saturated rings. The second-order valence-corrected chi connectivity index (χ2v) is 7.05. The fourth-order valence-corrected chi connectivity index (χ4v) is 3.79. The molecule has 0 aliphatic heterocycles. The summed E-state index contributed by atoms with van der Waals surface area (Å²) in [5, 5.41) is 1.13. The lowest BCUT2D eigenvalue weighted by molar-refractivity contribution is 0.571. The molecule has 3 aromatic heterocycles. The van der Waals surface area contributed by atoms with Gasteiger partial charge >= 0.3 is 0 Å². The van der Waals surface area contributed by atoms with E-state index in [1.807, 2.05) is 56.1 Å². The van der Waals surface area contributed by atoms with Gasteiger partial charge in [-0.25, -0.2) is 9.97 Å². The lowest BCUT2D eigenvalue weighted by Crippen LogP contribution is -2.08. The van der Waals surface area contributed by atoms with E-state index in [1.54, 1.807) is 0 Å². The van der Waals surface area contributed by atoms with Crippen molar-refractivity contribution in [3.8, 4) is 22.5 Å². The van der Waals surface area contributed by atoms with Gasteiger partial charge in [-0.05, 0) is 13.0 Å². The van der Waals surface area contributed by atoms with E-state index in [0.717, 1.165) is 52.3 Å². The number of fused-ring (bicyclic) bond motifs is 1. The Balaban J connectivity index is 1.66. The number of aryl methyl sites for hydroxylation is 3. The van der Waals surface area contributed by atoms with Gasteiger partial charge in [0, 0.05) is 48.2 Å². The molecule has 0 radical (unpaired) electrons. The van der Waals surface area contributed by atoms with Crippen LogP contribution in [0.3, 0.4) is 0 Å². The first-order valence-electron chi connectivity index (χ1n) is 9.73. The Morgan fingerprint density at radius 3 is 2.41 bits per heavy atom. The van der Waals surface area contributed by atoms with E-state index in [2.05, 4.69) is 55.5 Å². The van der Waals surface area contributed by atoms with Crippen LogP contribution in [0.25, 0.3) is 33.4 Å². The summed E-state index contributed by atoms with van der Waals surface area (Å²) in [5.41, 5.74) is 5.27. The smallest absolute Gasteiger partial charge is 0.105 e. The van der Waals surface area contributed by atoms with Crippen molar-refractivity contribution in [2.24, 2.45) is 0 Å². The van der Waals surface area contributed by atoms with Gasteiger partial charge in [0.2, 0.25) is 0 Å². The molecular formula is C24H21N5. The predicted molar refractivity (Wildman–Crippen MR) is 115 cm³/mol. The number of pyridine rings is 1. The van der Waals surface area contributed by atoms with Crippen LogP contribution < -0.4 is 0 Å². The third kappa shape index (κ3) is 3.21. The lowest BCUT2D eigenvalue weighted by atomic mass is 10.0. The lowest BCUT2D eigenvalue weighted by Gasteiger charge is -2.13. The van der Waals surface area contributed by atoms with Crippen LogP contribution in [-0.4, -0.2) is 24.1 Å². The first-order valence-corrected chi connectivity index (χ1v) is 9.73. The summed E-state index contributed by atoms with van der Waals surface area (Å²) in [6.45, 7) is 3.66. The molecule has 5 rings (SSSR count). The molecule has 0 unspecified atom stereocenters. The zero-order valence-corrected chi connectivity index (χ0v) is 16.2. The number of hydrogen-bond donors (Lipinski definition) is 0. The minimum absolute atomic E-state index is 0.801. The minimum Gasteiger partial charge on any atom is -0.333 e. The van der Waals surface area contributed by atoms with Gasteiger partial charge in [-0.2, -0.15) is 0 Å². The molecule has 0 spiro atoms. The van der Waals surface area contributed by atoms with Crippen LogP contribution in [0, 0.1) is 6.92 Å². The molecule has 0 bridgehead atoms. The molecule has 142 valence electrons. The molecule has 0 saturated carbocycles. The molecule has 0 atom stereocenters. The first-order chi connectivity index (χ1) is 14.3. The van der Waals surface area contributed by atoms with Gasteiger partial charge in [-0.1, -0.05) is 54.6 Å². The molecule has 0 N–H and O–H groups in total. The molecule has 5 heteroatoms. The van der Waals surface area contributed by atoms with Crippen molar-refractivity contribution in [2.75, 3.05) is 0 Å². The number of imidazole rings is 2. The van der Waals surface area contributed by atoms with Crippen LogP contribution in [-0.2, 0) is 13.1 Å². The number of rotatable bonds is 5. The summed E-state index contributed by atoms with van der Waals surface area (Å²) in [6, 6.07) is 20.7. The van der Waals surface area contributed by atoms with E-state index in [1.165, 1.54) is 0 Å². The predicted octanol–water partition coefficient (Wildman–Crippen LogP) is 4.97. The van der Waals surface area contributed by atoms with Crippen molar-refractivity contribution in [1.82, 2.24) is 24.1 Å². The van der Waals surface area contributed by atoms with Crippen molar-refractivity contribution in [3.63, 3.8) is 0 Å². The Kier molecular flexibility index (Phi) is 4.41. The number of benzene rings is 2. The Morgan fingerprint density at radius 1 is 0.759 bits per heavy atom. The fourth-order valence-electron chi connectivity index (χ4n) is 3.79. The zero-order chi connectivity index (χ0) is 19.6. The molecule has 0 aliphatic carbocycles. The highest BCUT2D eigenvalue weighted by Gasteiger charge is 2.17. The standard InChI is InChI=1S/C24H21N5/c1-18-25-13-14-28(18)15-16-29-17-27-23(20-7-3-2-4-8-20)24(29)21-11-5-9-19-10-6-12-26-22(19)21/h2-14,17H,15-16H2,1H3. The van der Waals surface area contributed by atoms with Crippen LogP contribution >= 0.6 is 0 Å². The minimum atomic E-state index is 0.801. The highest BCUT2D eigenvalue weighted by Crippen LogP contribution is 2.34. The van der Waals surface area contributed by atoms with E-state index in [0.29, 0.717) is 0 Å². The monoisotopic (exact) mass is 379 g/mol. The maximum absolute atomic E-state index is 4.80. The highest BCUT2D eigenvalue weighted by molar-refractivity contribution is 5.96. The molecule has 5 nitrogen and oxygen atoms in total. The third-order valence-electron chi connectivity index (χ3n) is 5.28. The summed E-state index contributed by atoms with van der Waals surface area (Å²) in [4.78, 5) is 13.8. The molecule has 2 aromatic carbocycles. The second kappa shape index (κ2) is 7.36. The largest absolute Gasteiger partial charge is 0.333 e. The van der Waals surface area contributed by atoms with Crippen molar-refractivity contribution in [3.05, 3.63) is 91.4 Å². The second-order valence-electron chi connectivity index (χ2n) is 7.05.